The number of rotatable bonds is 5. The van der Waals surface area contributed by atoms with Crippen molar-refractivity contribution in [2.75, 3.05) is 38.0 Å². The molecule has 1 fully saturated rings. The summed E-state index contributed by atoms with van der Waals surface area (Å²) in [7, 11) is 0. The van der Waals surface area contributed by atoms with E-state index in [0.29, 0.717) is 0 Å². The minimum absolute atomic E-state index is 0.0120. The molecular formula is C29H33N5O. The second kappa shape index (κ2) is 9.46. The lowest BCUT2D eigenvalue weighted by molar-refractivity contribution is 0.0899. The Morgan fingerprint density at radius 1 is 0.800 bits per heavy atom. The fraction of sp³-hybridized carbons (Fsp3) is 0.345. The van der Waals surface area contributed by atoms with Gasteiger partial charge in [-0.2, -0.15) is 0 Å². The van der Waals surface area contributed by atoms with Crippen molar-refractivity contribution in [2.24, 2.45) is 0 Å². The van der Waals surface area contributed by atoms with Gasteiger partial charge in [0.05, 0.1) is 12.1 Å². The molecule has 3 unspecified atom stereocenters. The molecule has 6 rings (SSSR count). The summed E-state index contributed by atoms with van der Waals surface area (Å²) in [6.07, 6.45) is 0. The summed E-state index contributed by atoms with van der Waals surface area (Å²) in [6, 6.07) is 25.8. The summed E-state index contributed by atoms with van der Waals surface area (Å²) in [4.78, 5) is 17.6. The topological polar surface area (TPSA) is 59.6 Å². The zero-order chi connectivity index (χ0) is 23.8. The van der Waals surface area contributed by atoms with Crippen molar-refractivity contribution in [3.8, 4) is 0 Å². The van der Waals surface area contributed by atoms with Gasteiger partial charge in [-0.05, 0) is 35.4 Å². The maximum absolute atomic E-state index is 12.5. The van der Waals surface area contributed by atoms with E-state index in [1.165, 1.54) is 16.7 Å². The molecule has 0 radical (unpaired) electrons. The summed E-state index contributed by atoms with van der Waals surface area (Å²) < 4.78 is 0. The van der Waals surface area contributed by atoms with Gasteiger partial charge in [0.1, 0.15) is 0 Å². The Hall–Kier alpha value is -3.19. The van der Waals surface area contributed by atoms with Crippen molar-refractivity contribution in [2.45, 2.75) is 31.5 Å². The van der Waals surface area contributed by atoms with Crippen LogP contribution in [-0.2, 0) is 6.54 Å². The molecule has 0 bridgehead atoms. The summed E-state index contributed by atoms with van der Waals surface area (Å²) in [5.74, 6) is 0.0488. The largest absolute Gasteiger partial charge is 0.377 e. The van der Waals surface area contributed by atoms with Gasteiger partial charge >= 0.3 is 0 Å². The zero-order valence-corrected chi connectivity index (χ0v) is 20.2. The molecule has 6 heteroatoms. The molecule has 35 heavy (non-hydrogen) atoms. The van der Waals surface area contributed by atoms with Crippen molar-refractivity contribution >= 4 is 11.6 Å². The van der Waals surface area contributed by atoms with Crippen molar-refractivity contribution in [3.63, 3.8) is 0 Å². The Kier molecular flexibility index (Phi) is 6.02. The molecule has 3 aliphatic rings. The molecule has 0 spiro atoms. The van der Waals surface area contributed by atoms with E-state index < -0.39 is 0 Å². The van der Waals surface area contributed by atoms with E-state index in [9.17, 15) is 4.79 Å². The van der Waals surface area contributed by atoms with Gasteiger partial charge in [-0.3, -0.25) is 15.1 Å². The number of carbonyl (C=O) groups is 1. The SMILES string of the molecule is CCN1CCN(Cc2ccc(C3Nc4cccc5c4C(NNC5=O)C3c3ccccc3)cc2)CC1. The van der Waals surface area contributed by atoms with E-state index in [4.69, 9.17) is 0 Å². The van der Waals surface area contributed by atoms with Crippen LogP contribution in [0.1, 0.15) is 57.5 Å². The Labute approximate surface area is 207 Å². The Bertz CT molecular complexity index is 1190. The minimum atomic E-state index is -0.0747. The smallest absolute Gasteiger partial charge is 0.265 e. The monoisotopic (exact) mass is 467 g/mol. The molecule has 3 aliphatic heterocycles. The highest BCUT2D eigenvalue weighted by molar-refractivity contribution is 5.98. The highest BCUT2D eigenvalue weighted by Gasteiger charge is 2.42. The standard InChI is InChI=1S/C29H33N5O/c1-2-33-15-17-34(18-16-33)19-20-11-13-22(14-12-20)27-25(21-7-4-3-5-8-21)28-26-23(29(35)32-31-28)9-6-10-24(26)30-27/h3-14,25,27-28,30-31H,2,15-19H2,1H3,(H,32,35). The number of nitrogens with one attached hydrogen (secondary N) is 3. The van der Waals surface area contributed by atoms with Crippen molar-refractivity contribution in [1.29, 1.82) is 0 Å². The summed E-state index contributed by atoms with van der Waals surface area (Å²) in [5.41, 5.74) is 12.9. The molecule has 3 heterocycles. The molecule has 1 saturated heterocycles. The molecule has 180 valence electrons. The number of benzene rings is 3. The lowest BCUT2D eigenvalue weighted by atomic mass is 9.74. The van der Waals surface area contributed by atoms with Crippen LogP contribution >= 0.6 is 0 Å². The van der Waals surface area contributed by atoms with Crippen LogP contribution in [0.25, 0.3) is 0 Å². The minimum Gasteiger partial charge on any atom is -0.377 e. The first-order chi connectivity index (χ1) is 17.2. The van der Waals surface area contributed by atoms with E-state index in [2.05, 4.69) is 93.6 Å². The molecule has 1 amide bonds. The summed E-state index contributed by atoms with van der Waals surface area (Å²) in [6.45, 7) is 8.97. The first kappa shape index (κ1) is 22.3. The van der Waals surface area contributed by atoms with Crippen molar-refractivity contribution in [1.82, 2.24) is 20.7 Å². The van der Waals surface area contributed by atoms with Gasteiger partial charge in [-0.25, -0.2) is 5.43 Å². The van der Waals surface area contributed by atoms with Crippen LogP contribution in [-0.4, -0.2) is 48.4 Å². The van der Waals surface area contributed by atoms with Gasteiger partial charge in [0, 0.05) is 55.5 Å². The number of hydrogen-bond acceptors (Lipinski definition) is 5. The number of hydrogen-bond donors (Lipinski definition) is 3. The van der Waals surface area contributed by atoms with E-state index in [1.54, 1.807) is 0 Å². The van der Waals surface area contributed by atoms with Crippen LogP contribution in [0.4, 0.5) is 5.69 Å². The van der Waals surface area contributed by atoms with Gasteiger partial charge in [-0.15, -0.1) is 0 Å². The summed E-state index contributed by atoms with van der Waals surface area (Å²) >= 11 is 0. The fourth-order valence-corrected chi connectivity index (χ4v) is 5.93. The van der Waals surface area contributed by atoms with Gasteiger partial charge in [0.2, 0.25) is 0 Å². The highest BCUT2D eigenvalue weighted by atomic mass is 16.2. The number of hydrazine groups is 1. The van der Waals surface area contributed by atoms with E-state index >= 15 is 0 Å². The van der Waals surface area contributed by atoms with Gasteiger partial charge in [0.25, 0.3) is 5.91 Å². The Morgan fingerprint density at radius 2 is 1.54 bits per heavy atom. The second-order valence-corrected chi connectivity index (χ2v) is 9.85. The van der Waals surface area contributed by atoms with Crippen LogP contribution in [0.15, 0.2) is 72.8 Å². The number of piperazine rings is 1. The van der Waals surface area contributed by atoms with Crippen LogP contribution in [0.2, 0.25) is 0 Å². The van der Waals surface area contributed by atoms with Gasteiger partial charge in [0.15, 0.2) is 0 Å². The van der Waals surface area contributed by atoms with Gasteiger partial charge in [-0.1, -0.05) is 67.6 Å². The fourth-order valence-electron chi connectivity index (χ4n) is 5.93. The number of carbonyl (C=O) groups excluding carboxylic acids is 1. The number of likely N-dealkylation sites (N-methyl/N-ethyl adjacent to an activating group) is 1. The van der Waals surface area contributed by atoms with Crippen LogP contribution in [0.3, 0.4) is 0 Å². The Morgan fingerprint density at radius 3 is 2.29 bits per heavy atom. The maximum Gasteiger partial charge on any atom is 0.265 e. The molecule has 3 N–H and O–H groups in total. The number of nitrogens with zero attached hydrogens (tertiary/aromatic N) is 2. The van der Waals surface area contributed by atoms with Crippen LogP contribution in [0.5, 0.6) is 0 Å². The molecule has 3 aromatic carbocycles. The molecule has 0 aliphatic carbocycles. The molecule has 3 aromatic rings. The van der Waals surface area contributed by atoms with Crippen LogP contribution < -0.4 is 16.2 Å². The molecular weight excluding hydrogens is 434 g/mol. The molecule has 0 aromatic heterocycles. The average molecular weight is 468 g/mol. The predicted molar refractivity (Wildman–Crippen MR) is 139 cm³/mol. The van der Waals surface area contributed by atoms with Crippen molar-refractivity contribution in [3.05, 3.63) is 101 Å². The van der Waals surface area contributed by atoms with Gasteiger partial charge < -0.3 is 10.2 Å². The normalized spacial score (nSPS) is 24.4. The van der Waals surface area contributed by atoms with E-state index in [-0.39, 0.29) is 23.9 Å². The summed E-state index contributed by atoms with van der Waals surface area (Å²) in [5, 5.41) is 3.80. The highest BCUT2D eigenvalue weighted by Crippen LogP contribution is 2.50. The third kappa shape index (κ3) is 4.22. The Balaban J connectivity index is 1.30. The molecule has 3 atom stereocenters. The number of amides is 1. The first-order valence-corrected chi connectivity index (χ1v) is 12.7. The van der Waals surface area contributed by atoms with Crippen LogP contribution in [0, 0.1) is 0 Å². The average Bonchev–Trinajstić information content (AvgIpc) is 2.92. The second-order valence-electron chi connectivity index (χ2n) is 9.85. The third-order valence-electron chi connectivity index (χ3n) is 7.87. The van der Waals surface area contributed by atoms with E-state index in [0.717, 1.165) is 56.1 Å². The third-order valence-corrected chi connectivity index (χ3v) is 7.87. The maximum atomic E-state index is 12.5. The molecule has 6 nitrogen and oxygen atoms in total. The lowest BCUT2D eigenvalue weighted by Crippen LogP contribution is -2.50. The number of anilines is 1. The predicted octanol–water partition coefficient (Wildman–Crippen LogP) is 4.06. The van der Waals surface area contributed by atoms with Crippen molar-refractivity contribution < 1.29 is 4.79 Å². The zero-order valence-electron chi connectivity index (χ0n) is 20.2. The quantitative estimate of drug-likeness (QED) is 0.528. The van der Waals surface area contributed by atoms with E-state index in [1.807, 2.05) is 12.1 Å². The lowest BCUT2D eigenvalue weighted by Gasteiger charge is -2.44. The molecule has 0 saturated carbocycles. The first-order valence-electron chi connectivity index (χ1n) is 12.7.